The van der Waals surface area contributed by atoms with Crippen LogP contribution in [0.5, 0.6) is 0 Å². The number of carbonyl (C=O) groups is 1. The van der Waals surface area contributed by atoms with Crippen LogP contribution in [0.3, 0.4) is 0 Å². The van der Waals surface area contributed by atoms with Crippen molar-refractivity contribution in [1.82, 2.24) is 20.3 Å². The molecule has 3 unspecified atom stereocenters. The van der Waals surface area contributed by atoms with Gasteiger partial charge in [-0.1, -0.05) is 5.21 Å². The molecule has 0 amide bonds. The molecule has 1 aliphatic heterocycles. The lowest BCUT2D eigenvalue weighted by atomic mass is 9.87. The van der Waals surface area contributed by atoms with Crippen molar-refractivity contribution >= 4 is 5.97 Å². The molecule has 0 bridgehead atoms. The summed E-state index contributed by atoms with van der Waals surface area (Å²) < 4.78 is 1.69. The Kier molecular flexibility index (Phi) is 2.91. The molecule has 2 N–H and O–H groups in total. The van der Waals surface area contributed by atoms with E-state index in [0.29, 0.717) is 12.8 Å². The second-order valence-corrected chi connectivity index (χ2v) is 4.41. The third-order valence-electron chi connectivity index (χ3n) is 3.10. The predicted octanol–water partition coefficient (Wildman–Crippen LogP) is 0.329. The molecule has 88 valence electrons. The van der Waals surface area contributed by atoms with E-state index < -0.39 is 5.97 Å². The molecule has 16 heavy (non-hydrogen) atoms. The highest BCUT2D eigenvalue weighted by Crippen LogP contribution is 2.29. The second-order valence-electron chi connectivity index (χ2n) is 4.41. The van der Waals surface area contributed by atoms with Crippen LogP contribution < -0.4 is 5.32 Å². The van der Waals surface area contributed by atoms with Crippen LogP contribution in [-0.4, -0.2) is 32.1 Å². The number of hydrogen-bond donors (Lipinski definition) is 2. The SMILES string of the molecule is CC1CC(C(=O)O)CC(c2cnnn2C)N1. The van der Waals surface area contributed by atoms with E-state index >= 15 is 0 Å². The molecule has 0 saturated carbocycles. The summed E-state index contributed by atoms with van der Waals surface area (Å²) in [5.74, 6) is -0.996. The number of carboxylic acid groups (broad SMARTS) is 1. The van der Waals surface area contributed by atoms with Gasteiger partial charge in [-0.25, -0.2) is 0 Å². The van der Waals surface area contributed by atoms with E-state index in [2.05, 4.69) is 15.6 Å². The Labute approximate surface area is 93.6 Å². The Morgan fingerprint density at radius 3 is 2.94 bits per heavy atom. The van der Waals surface area contributed by atoms with Crippen LogP contribution in [0, 0.1) is 5.92 Å². The third-order valence-corrected chi connectivity index (χ3v) is 3.10. The number of piperidine rings is 1. The van der Waals surface area contributed by atoms with Crippen LogP contribution in [0.15, 0.2) is 6.20 Å². The first-order chi connectivity index (χ1) is 7.58. The molecule has 3 atom stereocenters. The van der Waals surface area contributed by atoms with E-state index in [1.165, 1.54) is 0 Å². The van der Waals surface area contributed by atoms with Crippen LogP contribution in [0.4, 0.5) is 0 Å². The van der Waals surface area contributed by atoms with E-state index in [1.807, 2.05) is 14.0 Å². The maximum Gasteiger partial charge on any atom is 0.306 e. The first-order valence-corrected chi connectivity index (χ1v) is 5.41. The quantitative estimate of drug-likeness (QED) is 0.756. The monoisotopic (exact) mass is 224 g/mol. The number of nitrogens with zero attached hydrogens (tertiary/aromatic N) is 3. The lowest BCUT2D eigenvalue weighted by molar-refractivity contribution is -0.143. The van der Waals surface area contributed by atoms with Crippen molar-refractivity contribution in [3.63, 3.8) is 0 Å². The van der Waals surface area contributed by atoms with Gasteiger partial charge in [0.05, 0.1) is 23.9 Å². The summed E-state index contributed by atoms with van der Waals surface area (Å²) in [5.41, 5.74) is 0.942. The van der Waals surface area contributed by atoms with Crippen LogP contribution >= 0.6 is 0 Å². The lowest BCUT2D eigenvalue weighted by Crippen LogP contribution is -2.41. The molecule has 1 aromatic heterocycles. The lowest BCUT2D eigenvalue weighted by Gasteiger charge is -2.32. The summed E-state index contributed by atoms with van der Waals surface area (Å²) in [6.45, 7) is 2.01. The molecular formula is C10H16N4O2. The fourth-order valence-corrected chi connectivity index (χ4v) is 2.31. The zero-order chi connectivity index (χ0) is 11.7. The molecule has 0 aromatic carbocycles. The number of aryl methyl sites for hydroxylation is 1. The van der Waals surface area contributed by atoms with Gasteiger partial charge < -0.3 is 10.4 Å². The Hall–Kier alpha value is -1.43. The van der Waals surface area contributed by atoms with Crippen LogP contribution in [0.25, 0.3) is 0 Å². The number of carboxylic acids is 1. The molecule has 1 aliphatic rings. The number of rotatable bonds is 2. The van der Waals surface area contributed by atoms with Gasteiger partial charge in [-0.05, 0) is 19.8 Å². The minimum atomic E-state index is -0.714. The number of aromatic nitrogens is 3. The van der Waals surface area contributed by atoms with Crippen molar-refractivity contribution in [2.45, 2.75) is 31.8 Å². The van der Waals surface area contributed by atoms with Crippen LogP contribution in [-0.2, 0) is 11.8 Å². The van der Waals surface area contributed by atoms with Gasteiger partial charge in [-0.2, -0.15) is 0 Å². The number of nitrogens with one attached hydrogen (secondary N) is 1. The normalized spacial score (nSPS) is 30.2. The van der Waals surface area contributed by atoms with Crippen molar-refractivity contribution in [2.75, 3.05) is 0 Å². The summed E-state index contributed by atoms with van der Waals surface area (Å²) in [6, 6.07) is 0.236. The largest absolute Gasteiger partial charge is 0.481 e. The van der Waals surface area contributed by atoms with Crippen LogP contribution in [0.2, 0.25) is 0 Å². The van der Waals surface area contributed by atoms with Crippen molar-refractivity contribution in [2.24, 2.45) is 13.0 Å². The summed E-state index contributed by atoms with van der Waals surface area (Å²) in [4.78, 5) is 11.0. The minimum Gasteiger partial charge on any atom is -0.481 e. The summed E-state index contributed by atoms with van der Waals surface area (Å²) >= 11 is 0. The predicted molar refractivity (Wildman–Crippen MR) is 56.7 cm³/mol. The van der Waals surface area contributed by atoms with Gasteiger partial charge in [0, 0.05) is 13.1 Å². The molecule has 1 fully saturated rings. The zero-order valence-corrected chi connectivity index (χ0v) is 9.42. The van der Waals surface area contributed by atoms with Crippen molar-refractivity contribution in [1.29, 1.82) is 0 Å². The molecular weight excluding hydrogens is 208 g/mol. The fourth-order valence-electron chi connectivity index (χ4n) is 2.31. The molecule has 2 rings (SSSR count). The fraction of sp³-hybridized carbons (Fsp3) is 0.700. The topological polar surface area (TPSA) is 80.0 Å². The van der Waals surface area contributed by atoms with E-state index in [1.54, 1.807) is 10.9 Å². The van der Waals surface area contributed by atoms with Gasteiger partial charge in [0.1, 0.15) is 0 Å². The molecule has 6 heteroatoms. The van der Waals surface area contributed by atoms with E-state index in [-0.39, 0.29) is 18.0 Å². The van der Waals surface area contributed by atoms with Gasteiger partial charge in [-0.15, -0.1) is 5.10 Å². The number of aliphatic carboxylic acids is 1. The zero-order valence-electron chi connectivity index (χ0n) is 9.42. The highest BCUT2D eigenvalue weighted by atomic mass is 16.4. The first-order valence-electron chi connectivity index (χ1n) is 5.41. The highest BCUT2D eigenvalue weighted by molar-refractivity contribution is 5.70. The average Bonchev–Trinajstić information content (AvgIpc) is 2.63. The maximum atomic E-state index is 11.0. The second kappa shape index (κ2) is 4.21. The van der Waals surface area contributed by atoms with Crippen molar-refractivity contribution in [3.8, 4) is 0 Å². The van der Waals surface area contributed by atoms with Gasteiger partial charge in [0.25, 0.3) is 0 Å². The molecule has 1 saturated heterocycles. The summed E-state index contributed by atoms with van der Waals surface area (Å²) in [5, 5.41) is 20.1. The molecule has 1 aromatic rings. The standard InChI is InChI=1S/C10H16N4O2/c1-6-3-7(10(15)16)4-8(12-6)9-5-11-13-14(9)2/h5-8,12H,3-4H2,1-2H3,(H,15,16). The third kappa shape index (κ3) is 2.06. The Morgan fingerprint density at radius 2 is 2.38 bits per heavy atom. The van der Waals surface area contributed by atoms with E-state index in [4.69, 9.17) is 5.11 Å². The average molecular weight is 224 g/mol. The molecule has 0 radical (unpaired) electrons. The summed E-state index contributed by atoms with van der Waals surface area (Å²) in [7, 11) is 1.82. The Bertz CT molecular complexity index is 390. The first kappa shape index (κ1) is 11.1. The summed E-state index contributed by atoms with van der Waals surface area (Å²) in [6.07, 6.45) is 2.96. The van der Waals surface area contributed by atoms with Crippen molar-refractivity contribution < 1.29 is 9.90 Å². The Balaban J connectivity index is 2.16. The molecule has 0 aliphatic carbocycles. The van der Waals surface area contributed by atoms with Crippen LogP contribution in [0.1, 0.15) is 31.5 Å². The minimum absolute atomic E-state index is 0.0323. The molecule has 2 heterocycles. The van der Waals surface area contributed by atoms with Gasteiger partial charge >= 0.3 is 5.97 Å². The molecule has 6 nitrogen and oxygen atoms in total. The van der Waals surface area contributed by atoms with E-state index in [0.717, 1.165) is 5.69 Å². The van der Waals surface area contributed by atoms with Gasteiger partial charge in [-0.3, -0.25) is 9.48 Å². The Morgan fingerprint density at radius 1 is 1.62 bits per heavy atom. The van der Waals surface area contributed by atoms with Crippen molar-refractivity contribution in [3.05, 3.63) is 11.9 Å². The van der Waals surface area contributed by atoms with E-state index in [9.17, 15) is 4.79 Å². The molecule has 0 spiro atoms. The number of hydrogen-bond acceptors (Lipinski definition) is 4. The highest BCUT2D eigenvalue weighted by Gasteiger charge is 2.32. The maximum absolute atomic E-state index is 11.0. The van der Waals surface area contributed by atoms with Gasteiger partial charge in [0.2, 0.25) is 0 Å². The smallest absolute Gasteiger partial charge is 0.306 e. The van der Waals surface area contributed by atoms with Gasteiger partial charge in [0.15, 0.2) is 0 Å².